The first-order chi connectivity index (χ1) is 10.4. The van der Waals surface area contributed by atoms with Crippen molar-refractivity contribution in [2.75, 3.05) is 12.4 Å². The van der Waals surface area contributed by atoms with Gasteiger partial charge in [0.2, 0.25) is 0 Å². The Balaban J connectivity index is 2.48. The fourth-order valence-corrected chi connectivity index (χ4v) is 2.19. The van der Waals surface area contributed by atoms with E-state index in [4.69, 9.17) is 0 Å². The second-order valence-electron chi connectivity index (χ2n) is 4.17. The van der Waals surface area contributed by atoms with Crippen LogP contribution in [0.1, 0.15) is 10.4 Å². The summed E-state index contributed by atoms with van der Waals surface area (Å²) in [5, 5.41) is 2.41. The fraction of sp³-hybridized carbons (Fsp3) is 0.0714. The van der Waals surface area contributed by atoms with Crippen molar-refractivity contribution >= 4 is 39.9 Å². The summed E-state index contributed by atoms with van der Waals surface area (Å²) in [6.07, 6.45) is 0. The van der Waals surface area contributed by atoms with Crippen molar-refractivity contribution in [3.8, 4) is 0 Å². The molecule has 0 spiro atoms. The lowest BCUT2D eigenvalue weighted by atomic mass is 10.1. The van der Waals surface area contributed by atoms with Crippen LogP contribution >= 0.6 is 22.6 Å². The summed E-state index contributed by atoms with van der Waals surface area (Å²) in [5.74, 6) is -3.91. The van der Waals surface area contributed by atoms with Gasteiger partial charge in [0.1, 0.15) is 5.82 Å². The molecule has 2 aromatic carbocycles. The lowest BCUT2D eigenvalue weighted by molar-refractivity contribution is 0.0538. The number of anilines is 2. The molecule has 0 bridgehead atoms. The van der Waals surface area contributed by atoms with Crippen molar-refractivity contribution in [3.05, 3.63) is 56.9 Å². The fourth-order valence-electron chi connectivity index (χ4n) is 1.74. The van der Waals surface area contributed by atoms with Gasteiger partial charge in [-0.25, -0.2) is 18.7 Å². The number of amides is 1. The predicted octanol–water partition coefficient (Wildman–Crippen LogP) is 3.74. The molecule has 2 aromatic rings. The van der Waals surface area contributed by atoms with Crippen LogP contribution in [0.5, 0.6) is 0 Å². The molecule has 0 aliphatic rings. The van der Waals surface area contributed by atoms with Gasteiger partial charge < -0.3 is 5.32 Å². The third kappa shape index (κ3) is 3.50. The highest BCUT2D eigenvalue weighted by Gasteiger charge is 2.20. The van der Waals surface area contributed by atoms with Gasteiger partial charge in [0, 0.05) is 3.57 Å². The zero-order valence-corrected chi connectivity index (χ0v) is 13.4. The standard InChI is InChI=1S/C14H10F3IN2O2/c1-22-20-14(21)8-3-4-9(15)12(17)13(8)19-11-5-2-7(18)6-10(11)16/h2-6,19H,1H3,(H,20,21). The zero-order chi connectivity index (χ0) is 16.3. The van der Waals surface area contributed by atoms with Crippen LogP contribution in [-0.2, 0) is 4.84 Å². The van der Waals surface area contributed by atoms with Crippen LogP contribution in [-0.4, -0.2) is 13.0 Å². The Morgan fingerprint density at radius 3 is 2.50 bits per heavy atom. The summed E-state index contributed by atoms with van der Waals surface area (Å²) in [5.41, 5.74) is 1.21. The Kier molecular flexibility index (Phi) is 5.24. The van der Waals surface area contributed by atoms with Crippen LogP contribution in [0.3, 0.4) is 0 Å². The van der Waals surface area contributed by atoms with E-state index in [0.29, 0.717) is 3.57 Å². The lowest BCUT2D eigenvalue weighted by Crippen LogP contribution is -2.23. The number of hydrogen-bond acceptors (Lipinski definition) is 3. The van der Waals surface area contributed by atoms with Crippen LogP contribution in [0, 0.1) is 21.0 Å². The molecule has 116 valence electrons. The van der Waals surface area contributed by atoms with Crippen LogP contribution in [0.2, 0.25) is 0 Å². The van der Waals surface area contributed by atoms with Gasteiger partial charge in [-0.1, -0.05) is 0 Å². The number of hydroxylamine groups is 1. The van der Waals surface area contributed by atoms with E-state index in [1.54, 1.807) is 6.07 Å². The molecule has 22 heavy (non-hydrogen) atoms. The first-order valence-corrected chi connectivity index (χ1v) is 7.05. The molecule has 0 unspecified atom stereocenters. The second-order valence-corrected chi connectivity index (χ2v) is 5.41. The highest BCUT2D eigenvalue weighted by Crippen LogP contribution is 2.28. The molecule has 0 atom stereocenters. The number of halogens is 4. The summed E-state index contributed by atoms with van der Waals surface area (Å²) in [6.45, 7) is 0. The van der Waals surface area contributed by atoms with E-state index in [2.05, 4.69) is 10.2 Å². The van der Waals surface area contributed by atoms with Gasteiger partial charge in [0.05, 0.1) is 24.0 Å². The number of carbonyl (C=O) groups is 1. The predicted molar refractivity (Wildman–Crippen MR) is 83.2 cm³/mol. The third-order valence-electron chi connectivity index (χ3n) is 2.73. The van der Waals surface area contributed by atoms with Crippen LogP contribution in [0.25, 0.3) is 0 Å². The Hall–Kier alpha value is -1.81. The van der Waals surface area contributed by atoms with Crippen LogP contribution in [0.4, 0.5) is 24.5 Å². The van der Waals surface area contributed by atoms with E-state index >= 15 is 0 Å². The number of rotatable bonds is 4. The molecule has 0 aliphatic heterocycles. The van der Waals surface area contributed by atoms with Crippen LogP contribution in [0.15, 0.2) is 30.3 Å². The SMILES string of the molecule is CONC(=O)c1ccc(F)c(F)c1Nc1ccc(I)cc1F. The Bertz CT molecular complexity index is 725. The molecule has 2 N–H and O–H groups in total. The van der Waals surface area contributed by atoms with Crippen molar-refractivity contribution < 1.29 is 22.8 Å². The number of benzene rings is 2. The topological polar surface area (TPSA) is 50.4 Å². The summed E-state index contributed by atoms with van der Waals surface area (Å²) in [6, 6.07) is 6.03. The second kappa shape index (κ2) is 6.97. The number of carbonyl (C=O) groups excluding carboxylic acids is 1. The molecular weight excluding hydrogens is 412 g/mol. The Morgan fingerprint density at radius 1 is 1.14 bits per heavy atom. The van der Waals surface area contributed by atoms with Crippen molar-refractivity contribution in [1.29, 1.82) is 0 Å². The zero-order valence-electron chi connectivity index (χ0n) is 11.2. The van der Waals surface area contributed by atoms with Crippen molar-refractivity contribution in [3.63, 3.8) is 0 Å². The summed E-state index contributed by atoms with van der Waals surface area (Å²) < 4.78 is 41.9. The van der Waals surface area contributed by atoms with Gasteiger partial charge in [-0.15, -0.1) is 0 Å². The smallest absolute Gasteiger partial charge is 0.277 e. The highest BCUT2D eigenvalue weighted by molar-refractivity contribution is 14.1. The minimum atomic E-state index is -1.29. The maximum Gasteiger partial charge on any atom is 0.277 e. The monoisotopic (exact) mass is 422 g/mol. The average Bonchev–Trinajstić information content (AvgIpc) is 2.46. The van der Waals surface area contributed by atoms with E-state index < -0.39 is 29.0 Å². The maximum absolute atomic E-state index is 14.0. The first-order valence-electron chi connectivity index (χ1n) is 5.97. The summed E-state index contributed by atoms with van der Waals surface area (Å²) in [4.78, 5) is 16.3. The summed E-state index contributed by atoms with van der Waals surface area (Å²) >= 11 is 1.91. The van der Waals surface area contributed by atoms with E-state index in [-0.39, 0.29) is 11.3 Å². The molecule has 0 saturated heterocycles. The van der Waals surface area contributed by atoms with Gasteiger partial charge in [0.25, 0.3) is 5.91 Å². The van der Waals surface area contributed by atoms with E-state index in [1.165, 1.54) is 19.2 Å². The minimum Gasteiger partial charge on any atom is -0.350 e. The minimum absolute atomic E-state index is 0.0867. The average molecular weight is 422 g/mol. The summed E-state index contributed by atoms with van der Waals surface area (Å²) in [7, 11) is 1.20. The molecule has 0 saturated carbocycles. The quantitative estimate of drug-likeness (QED) is 0.583. The van der Waals surface area contributed by atoms with Crippen molar-refractivity contribution in [2.24, 2.45) is 0 Å². The van der Waals surface area contributed by atoms with Crippen molar-refractivity contribution in [2.45, 2.75) is 0 Å². The van der Waals surface area contributed by atoms with Gasteiger partial charge in [-0.05, 0) is 52.9 Å². The molecule has 0 fully saturated rings. The number of nitrogens with one attached hydrogen (secondary N) is 2. The molecule has 2 rings (SSSR count). The van der Waals surface area contributed by atoms with Crippen LogP contribution < -0.4 is 10.8 Å². The Labute approximate surface area is 137 Å². The van der Waals surface area contributed by atoms with E-state index in [9.17, 15) is 18.0 Å². The molecular formula is C14H10F3IN2O2. The molecule has 0 aliphatic carbocycles. The highest BCUT2D eigenvalue weighted by atomic mass is 127. The van der Waals surface area contributed by atoms with Gasteiger partial charge in [-0.2, -0.15) is 0 Å². The van der Waals surface area contributed by atoms with Gasteiger partial charge >= 0.3 is 0 Å². The first kappa shape index (κ1) is 16.6. The molecule has 0 aromatic heterocycles. The largest absolute Gasteiger partial charge is 0.350 e. The molecule has 4 nitrogen and oxygen atoms in total. The van der Waals surface area contributed by atoms with Gasteiger partial charge in [0.15, 0.2) is 11.6 Å². The molecule has 0 radical (unpaired) electrons. The lowest BCUT2D eigenvalue weighted by Gasteiger charge is -2.14. The van der Waals surface area contributed by atoms with Gasteiger partial charge in [-0.3, -0.25) is 9.63 Å². The normalized spacial score (nSPS) is 10.4. The molecule has 1 amide bonds. The van der Waals surface area contributed by atoms with Crippen molar-refractivity contribution in [1.82, 2.24) is 5.48 Å². The van der Waals surface area contributed by atoms with E-state index in [1.807, 2.05) is 28.1 Å². The molecule has 0 heterocycles. The number of hydrogen-bond donors (Lipinski definition) is 2. The third-order valence-corrected chi connectivity index (χ3v) is 3.40. The molecule has 8 heteroatoms. The maximum atomic E-state index is 14.0. The van der Waals surface area contributed by atoms with E-state index in [0.717, 1.165) is 12.1 Å². The Morgan fingerprint density at radius 2 is 1.86 bits per heavy atom.